The Morgan fingerprint density at radius 1 is 0.514 bits per heavy atom. The highest BCUT2D eigenvalue weighted by atomic mass is 16.6. The Labute approximate surface area is 444 Å². The van der Waals surface area contributed by atoms with E-state index < -0.39 is 17.2 Å². The van der Waals surface area contributed by atoms with E-state index in [0.717, 1.165) is 120 Å². The SMILES string of the molecule is CC(C)(C)OC(=O)N(CCCCCC(=O)O)Cc1ccccc1.CC(C)(C)OC(=O)N(CCCCCCO)Cc1ccccc1.NCCCCCCO.O=Cc1ccccc1.OCCCCNCc1ccccc1. The molecular formula is C60H94N4O10. The van der Waals surface area contributed by atoms with Gasteiger partial charge in [-0.15, -0.1) is 0 Å². The normalized spacial score (nSPS) is 10.6. The minimum Gasteiger partial charge on any atom is -0.481 e. The first kappa shape index (κ1) is 68.4. The van der Waals surface area contributed by atoms with E-state index in [1.807, 2.05) is 139 Å². The van der Waals surface area contributed by atoms with Crippen LogP contribution in [0.15, 0.2) is 121 Å². The van der Waals surface area contributed by atoms with E-state index in [-0.39, 0.29) is 25.2 Å². The Balaban J connectivity index is 0.000000960. The highest BCUT2D eigenvalue weighted by molar-refractivity contribution is 5.74. The molecular weight excluding hydrogens is 937 g/mol. The number of nitrogens with two attached hydrogens (primary N) is 1. The first-order valence-corrected chi connectivity index (χ1v) is 26.5. The number of aldehydes is 1. The van der Waals surface area contributed by atoms with Crippen LogP contribution in [0.25, 0.3) is 0 Å². The van der Waals surface area contributed by atoms with E-state index in [4.69, 9.17) is 35.6 Å². The van der Waals surface area contributed by atoms with Gasteiger partial charge >= 0.3 is 18.2 Å². The van der Waals surface area contributed by atoms with Crippen LogP contribution < -0.4 is 11.1 Å². The number of hydrogen-bond acceptors (Lipinski definition) is 11. The van der Waals surface area contributed by atoms with E-state index in [2.05, 4.69) is 17.4 Å². The summed E-state index contributed by atoms with van der Waals surface area (Å²) in [5, 5.41) is 37.7. The number of unbranched alkanes of at least 4 members (excludes halogenated alkanes) is 9. The quantitative estimate of drug-likeness (QED) is 0.0232. The molecule has 0 heterocycles. The molecule has 0 bridgehead atoms. The monoisotopic (exact) mass is 1030 g/mol. The van der Waals surface area contributed by atoms with E-state index in [9.17, 15) is 19.2 Å². The van der Waals surface area contributed by atoms with Crippen molar-refractivity contribution in [3.63, 3.8) is 0 Å². The number of hydrogen-bond donors (Lipinski definition) is 6. The van der Waals surface area contributed by atoms with Crippen molar-refractivity contribution >= 4 is 24.4 Å². The van der Waals surface area contributed by atoms with Gasteiger partial charge in [-0.05, 0) is 123 Å². The number of nitrogens with one attached hydrogen (secondary N) is 1. The van der Waals surface area contributed by atoms with Crippen molar-refractivity contribution in [1.82, 2.24) is 15.1 Å². The van der Waals surface area contributed by atoms with Crippen molar-refractivity contribution < 1.29 is 49.1 Å². The maximum atomic E-state index is 12.3. The summed E-state index contributed by atoms with van der Waals surface area (Å²) in [7, 11) is 0. The minimum atomic E-state index is -0.779. The zero-order valence-corrected chi connectivity index (χ0v) is 45.8. The summed E-state index contributed by atoms with van der Waals surface area (Å²) in [5.41, 5.74) is 8.42. The number of carbonyl (C=O) groups is 4. The van der Waals surface area contributed by atoms with Crippen LogP contribution in [0, 0.1) is 0 Å². The number of nitrogens with zero attached hydrogens (tertiary/aromatic N) is 2. The molecule has 4 aromatic rings. The van der Waals surface area contributed by atoms with Crippen molar-refractivity contribution in [3.05, 3.63) is 144 Å². The number of aliphatic carboxylic acids is 1. The number of benzene rings is 4. The lowest BCUT2D eigenvalue weighted by atomic mass is 10.1. The summed E-state index contributed by atoms with van der Waals surface area (Å²) in [6, 6.07) is 39.2. The first-order valence-electron chi connectivity index (χ1n) is 26.5. The molecule has 0 aliphatic heterocycles. The van der Waals surface area contributed by atoms with Crippen LogP contribution in [0.3, 0.4) is 0 Å². The van der Waals surface area contributed by atoms with Crippen LogP contribution in [-0.4, -0.2) is 112 Å². The molecule has 0 saturated heterocycles. The number of aliphatic hydroxyl groups excluding tert-OH is 3. The highest BCUT2D eigenvalue weighted by Gasteiger charge is 2.23. The molecule has 0 aromatic heterocycles. The van der Waals surface area contributed by atoms with Crippen molar-refractivity contribution in [1.29, 1.82) is 0 Å². The van der Waals surface area contributed by atoms with Gasteiger partial charge in [0.25, 0.3) is 0 Å². The zero-order valence-electron chi connectivity index (χ0n) is 45.8. The molecule has 0 atom stereocenters. The molecule has 0 radical (unpaired) electrons. The number of carboxylic acids is 1. The van der Waals surface area contributed by atoms with Crippen LogP contribution in [0.1, 0.15) is 158 Å². The summed E-state index contributed by atoms with van der Waals surface area (Å²) in [6.45, 7) is 17.0. The van der Waals surface area contributed by atoms with Crippen molar-refractivity contribution in [2.45, 2.75) is 162 Å². The van der Waals surface area contributed by atoms with Crippen molar-refractivity contribution in [3.8, 4) is 0 Å². The lowest BCUT2D eigenvalue weighted by Gasteiger charge is -2.27. The number of ether oxygens (including phenoxy) is 2. The van der Waals surface area contributed by atoms with Gasteiger partial charge in [0.2, 0.25) is 0 Å². The summed E-state index contributed by atoms with van der Waals surface area (Å²) < 4.78 is 11.0. The summed E-state index contributed by atoms with van der Waals surface area (Å²) >= 11 is 0. The maximum Gasteiger partial charge on any atom is 0.410 e. The van der Waals surface area contributed by atoms with Gasteiger partial charge < -0.3 is 50.8 Å². The molecule has 14 heteroatoms. The fourth-order valence-electron chi connectivity index (χ4n) is 6.59. The van der Waals surface area contributed by atoms with Gasteiger partial charge in [-0.3, -0.25) is 9.59 Å². The third-order valence-electron chi connectivity index (χ3n) is 10.4. The lowest BCUT2D eigenvalue weighted by molar-refractivity contribution is -0.137. The molecule has 7 N–H and O–H groups in total. The van der Waals surface area contributed by atoms with Crippen LogP contribution in [-0.2, 0) is 33.9 Å². The smallest absolute Gasteiger partial charge is 0.410 e. The molecule has 74 heavy (non-hydrogen) atoms. The van der Waals surface area contributed by atoms with Crippen LogP contribution >= 0.6 is 0 Å². The maximum absolute atomic E-state index is 12.3. The van der Waals surface area contributed by atoms with E-state index >= 15 is 0 Å². The lowest BCUT2D eigenvalue weighted by Crippen LogP contribution is -2.37. The molecule has 0 saturated carbocycles. The van der Waals surface area contributed by atoms with Gasteiger partial charge in [0.05, 0.1) is 0 Å². The van der Waals surface area contributed by atoms with E-state index in [1.165, 1.54) is 5.56 Å². The standard InChI is InChI=1S/C18H27NO4.C18H29NO3.C11H17NO.C7H6O.C6H15NO/c1-18(2,3)23-17(22)19(13-9-5-8-12-16(20)21)14-15-10-6-4-7-11-15;1-18(2,3)22-17(21)19(13-9-4-5-10-14-20)15-16-11-7-6-8-12-16;13-9-5-4-8-12-10-11-6-2-1-3-7-11;8-6-7-4-2-1-3-5-7;7-5-3-1-2-4-6-8/h4,6-7,10-11H,5,8-9,12-14H2,1-3H3,(H,20,21);6-8,11-12,20H,4-5,9-10,13-15H2,1-3H3;1-3,6-7,12-13H,4-5,8-10H2;1-6H;8H,1-7H2. The van der Waals surface area contributed by atoms with Crippen LogP contribution in [0.2, 0.25) is 0 Å². The topological polar surface area (TPSA) is 212 Å². The predicted molar refractivity (Wildman–Crippen MR) is 299 cm³/mol. The minimum absolute atomic E-state index is 0.172. The number of amides is 2. The van der Waals surface area contributed by atoms with E-state index in [1.54, 1.807) is 21.9 Å². The average Bonchev–Trinajstić information content (AvgIpc) is 3.37. The van der Waals surface area contributed by atoms with Crippen molar-refractivity contribution in [2.24, 2.45) is 5.73 Å². The summed E-state index contributed by atoms with van der Waals surface area (Å²) in [6.07, 6.45) is 12.6. The molecule has 4 rings (SSSR count). The van der Waals surface area contributed by atoms with Gasteiger partial charge in [0.15, 0.2) is 0 Å². The predicted octanol–water partition coefficient (Wildman–Crippen LogP) is 11.6. The zero-order chi connectivity index (χ0) is 55.1. The molecule has 4 aromatic carbocycles. The number of carboxylic acid groups (broad SMARTS) is 1. The molecule has 0 aliphatic rings. The summed E-state index contributed by atoms with van der Waals surface area (Å²) in [5.74, 6) is -0.779. The molecule has 414 valence electrons. The van der Waals surface area contributed by atoms with Crippen LogP contribution in [0.4, 0.5) is 9.59 Å². The Hall–Kier alpha value is -5.64. The number of rotatable bonds is 28. The molecule has 0 aliphatic carbocycles. The number of aliphatic hydroxyl groups is 3. The third-order valence-corrected chi connectivity index (χ3v) is 10.4. The van der Waals surface area contributed by atoms with Gasteiger partial charge in [-0.1, -0.05) is 153 Å². The van der Waals surface area contributed by atoms with Gasteiger partial charge in [-0.2, -0.15) is 0 Å². The molecule has 0 unspecified atom stereocenters. The molecule has 14 nitrogen and oxygen atoms in total. The van der Waals surface area contributed by atoms with Crippen LogP contribution in [0.5, 0.6) is 0 Å². The fraction of sp³-hybridized carbons (Fsp3) is 0.533. The summed E-state index contributed by atoms with van der Waals surface area (Å²) in [4.78, 5) is 48.7. The Morgan fingerprint density at radius 2 is 0.878 bits per heavy atom. The Bertz CT molecular complexity index is 1920. The fourth-order valence-corrected chi connectivity index (χ4v) is 6.59. The van der Waals surface area contributed by atoms with Gasteiger partial charge in [0.1, 0.15) is 17.5 Å². The molecule has 2 amide bonds. The second-order valence-corrected chi connectivity index (χ2v) is 19.7. The first-order chi connectivity index (χ1) is 35.5. The van der Waals surface area contributed by atoms with E-state index in [0.29, 0.717) is 45.8 Å². The average molecular weight is 1030 g/mol. The Kier molecular flexibility index (Phi) is 41.4. The third kappa shape index (κ3) is 42.8. The van der Waals surface area contributed by atoms with Gasteiger partial charge in [-0.25, -0.2) is 9.59 Å². The molecule has 0 fully saturated rings. The van der Waals surface area contributed by atoms with Gasteiger partial charge in [0, 0.05) is 64.5 Å². The second-order valence-electron chi connectivity index (χ2n) is 19.7. The van der Waals surface area contributed by atoms with Crippen molar-refractivity contribution in [2.75, 3.05) is 46.0 Å². The Morgan fingerprint density at radius 3 is 1.24 bits per heavy atom. The second kappa shape index (κ2) is 44.8. The largest absolute Gasteiger partial charge is 0.481 e. The number of carbonyl (C=O) groups excluding carboxylic acids is 3. The molecule has 0 spiro atoms. The highest BCUT2D eigenvalue weighted by Crippen LogP contribution is 2.16.